The predicted molar refractivity (Wildman–Crippen MR) is 66.1 cm³/mol. The summed E-state index contributed by atoms with van der Waals surface area (Å²) >= 11 is 0. The minimum atomic E-state index is -0.202. The van der Waals surface area contributed by atoms with Gasteiger partial charge in [-0.25, -0.2) is 0 Å². The van der Waals surface area contributed by atoms with Crippen LogP contribution in [0.1, 0.15) is 32.6 Å². The van der Waals surface area contributed by atoms with Crippen LogP contribution in [0, 0.1) is 5.92 Å². The van der Waals surface area contributed by atoms with E-state index >= 15 is 0 Å². The lowest BCUT2D eigenvalue weighted by Crippen LogP contribution is -2.43. The van der Waals surface area contributed by atoms with Crippen LogP contribution in [-0.4, -0.2) is 43.5 Å². The molecule has 1 fully saturated rings. The van der Waals surface area contributed by atoms with Crippen LogP contribution in [0.4, 0.5) is 0 Å². The highest BCUT2D eigenvalue weighted by atomic mass is 16.1. The molecular weight excluding hydrogens is 202 g/mol. The molecule has 4 heteroatoms. The van der Waals surface area contributed by atoms with E-state index in [-0.39, 0.29) is 5.91 Å². The topological polar surface area (TPSA) is 58.4 Å². The summed E-state index contributed by atoms with van der Waals surface area (Å²) in [4.78, 5) is 13.0. The third-order valence-corrected chi connectivity index (χ3v) is 3.43. The summed E-state index contributed by atoms with van der Waals surface area (Å²) in [6.45, 7) is 5.55. The number of likely N-dealkylation sites (tertiary alicyclic amines) is 1. The number of carbonyl (C=O) groups is 1. The highest BCUT2D eigenvalue weighted by Crippen LogP contribution is 2.18. The molecule has 2 unspecified atom stereocenters. The second-order valence-corrected chi connectivity index (χ2v) is 4.98. The maximum atomic E-state index is 10.6. The van der Waals surface area contributed by atoms with Crippen LogP contribution in [0.2, 0.25) is 0 Å². The molecule has 0 saturated carbocycles. The van der Waals surface area contributed by atoms with E-state index in [1.54, 1.807) is 0 Å². The van der Waals surface area contributed by atoms with Gasteiger partial charge in [0.15, 0.2) is 0 Å². The van der Waals surface area contributed by atoms with E-state index in [1.807, 2.05) is 0 Å². The molecule has 1 amide bonds. The first-order valence-corrected chi connectivity index (χ1v) is 6.30. The van der Waals surface area contributed by atoms with Gasteiger partial charge in [0, 0.05) is 19.0 Å². The molecule has 4 nitrogen and oxygen atoms in total. The van der Waals surface area contributed by atoms with Gasteiger partial charge in [-0.1, -0.05) is 0 Å². The number of primary amides is 1. The summed E-state index contributed by atoms with van der Waals surface area (Å²) in [5.41, 5.74) is 5.10. The summed E-state index contributed by atoms with van der Waals surface area (Å²) in [7, 11) is 2.19. The van der Waals surface area contributed by atoms with E-state index in [9.17, 15) is 4.79 Å². The highest BCUT2D eigenvalue weighted by molar-refractivity contribution is 5.73. The molecule has 0 aliphatic carbocycles. The van der Waals surface area contributed by atoms with Gasteiger partial charge in [-0.3, -0.25) is 4.79 Å². The molecule has 0 aromatic heterocycles. The Balaban J connectivity index is 2.13. The van der Waals surface area contributed by atoms with Gasteiger partial charge in [-0.15, -0.1) is 0 Å². The van der Waals surface area contributed by atoms with Crippen LogP contribution < -0.4 is 11.1 Å². The molecule has 0 aromatic carbocycles. The first-order valence-electron chi connectivity index (χ1n) is 6.30. The molecule has 2 atom stereocenters. The Bertz CT molecular complexity index is 220. The molecule has 0 radical (unpaired) electrons. The number of carbonyl (C=O) groups excluding carboxylic acids is 1. The quantitative estimate of drug-likeness (QED) is 0.652. The molecule has 1 heterocycles. The van der Waals surface area contributed by atoms with Crippen molar-refractivity contribution in [2.75, 3.05) is 26.7 Å². The minimum absolute atomic E-state index is 0.202. The van der Waals surface area contributed by atoms with E-state index in [4.69, 9.17) is 5.73 Å². The summed E-state index contributed by atoms with van der Waals surface area (Å²) in [6, 6.07) is 0.538. The predicted octanol–water partition coefficient (Wildman–Crippen LogP) is 0.572. The van der Waals surface area contributed by atoms with Crippen molar-refractivity contribution >= 4 is 5.91 Å². The molecule has 0 spiro atoms. The van der Waals surface area contributed by atoms with Crippen LogP contribution in [0.5, 0.6) is 0 Å². The standard InChI is InChI=1S/C12H25N3O/c1-10(14-7-3-6-12(13)16)11-5-4-8-15(2)9-11/h10-11,14H,3-9H2,1-2H3,(H2,13,16). The number of hydrogen-bond donors (Lipinski definition) is 2. The van der Waals surface area contributed by atoms with Gasteiger partial charge < -0.3 is 16.0 Å². The van der Waals surface area contributed by atoms with E-state index < -0.39 is 0 Å². The highest BCUT2D eigenvalue weighted by Gasteiger charge is 2.21. The SMILES string of the molecule is CC(NCCCC(N)=O)C1CCCN(C)C1. The fourth-order valence-electron chi connectivity index (χ4n) is 2.37. The zero-order valence-electron chi connectivity index (χ0n) is 10.5. The summed E-state index contributed by atoms with van der Waals surface area (Å²) in [5.74, 6) is 0.541. The average molecular weight is 227 g/mol. The lowest BCUT2D eigenvalue weighted by atomic mass is 9.92. The zero-order valence-corrected chi connectivity index (χ0v) is 10.5. The fourth-order valence-corrected chi connectivity index (χ4v) is 2.37. The molecule has 1 saturated heterocycles. The van der Waals surface area contributed by atoms with E-state index in [2.05, 4.69) is 24.2 Å². The Labute approximate surface area is 98.6 Å². The Kier molecular flexibility index (Phi) is 5.77. The van der Waals surface area contributed by atoms with Crippen molar-refractivity contribution in [2.45, 2.75) is 38.6 Å². The third kappa shape index (κ3) is 4.94. The molecule has 0 aromatic rings. The van der Waals surface area contributed by atoms with Gasteiger partial charge in [0.25, 0.3) is 0 Å². The summed E-state index contributed by atoms with van der Waals surface area (Å²) in [5, 5.41) is 3.49. The Morgan fingerprint density at radius 1 is 1.62 bits per heavy atom. The number of hydrogen-bond acceptors (Lipinski definition) is 3. The molecule has 1 aliphatic rings. The molecule has 1 aliphatic heterocycles. The minimum Gasteiger partial charge on any atom is -0.370 e. The van der Waals surface area contributed by atoms with Crippen LogP contribution in [-0.2, 0) is 4.79 Å². The van der Waals surface area contributed by atoms with Gasteiger partial charge in [0.05, 0.1) is 0 Å². The second-order valence-electron chi connectivity index (χ2n) is 4.98. The van der Waals surface area contributed by atoms with Crippen LogP contribution >= 0.6 is 0 Å². The molecular formula is C12H25N3O. The Hall–Kier alpha value is -0.610. The van der Waals surface area contributed by atoms with Crippen molar-refractivity contribution in [2.24, 2.45) is 11.7 Å². The number of nitrogens with two attached hydrogens (primary N) is 1. The van der Waals surface area contributed by atoms with E-state index in [1.165, 1.54) is 25.9 Å². The largest absolute Gasteiger partial charge is 0.370 e. The van der Waals surface area contributed by atoms with Crippen molar-refractivity contribution in [1.82, 2.24) is 10.2 Å². The van der Waals surface area contributed by atoms with Gasteiger partial charge in [0.1, 0.15) is 0 Å². The lowest BCUT2D eigenvalue weighted by molar-refractivity contribution is -0.118. The van der Waals surface area contributed by atoms with Crippen molar-refractivity contribution in [3.63, 3.8) is 0 Å². The molecule has 3 N–H and O–H groups in total. The van der Waals surface area contributed by atoms with Crippen LogP contribution in [0.25, 0.3) is 0 Å². The molecule has 16 heavy (non-hydrogen) atoms. The summed E-state index contributed by atoms with van der Waals surface area (Å²) in [6.07, 6.45) is 3.95. The maximum Gasteiger partial charge on any atom is 0.217 e. The number of piperidine rings is 1. The second kappa shape index (κ2) is 6.86. The lowest BCUT2D eigenvalue weighted by Gasteiger charge is -2.34. The fraction of sp³-hybridized carbons (Fsp3) is 0.917. The molecule has 0 bridgehead atoms. The van der Waals surface area contributed by atoms with Crippen LogP contribution in [0.3, 0.4) is 0 Å². The summed E-state index contributed by atoms with van der Waals surface area (Å²) < 4.78 is 0. The Morgan fingerprint density at radius 3 is 3.00 bits per heavy atom. The smallest absolute Gasteiger partial charge is 0.217 e. The third-order valence-electron chi connectivity index (χ3n) is 3.43. The van der Waals surface area contributed by atoms with E-state index in [0.29, 0.717) is 12.5 Å². The Morgan fingerprint density at radius 2 is 2.38 bits per heavy atom. The van der Waals surface area contributed by atoms with Crippen molar-refractivity contribution in [3.05, 3.63) is 0 Å². The van der Waals surface area contributed by atoms with Gasteiger partial charge in [-0.2, -0.15) is 0 Å². The van der Waals surface area contributed by atoms with Gasteiger partial charge >= 0.3 is 0 Å². The van der Waals surface area contributed by atoms with Gasteiger partial charge in [-0.05, 0) is 52.2 Å². The number of amides is 1. The first kappa shape index (κ1) is 13.5. The normalized spacial score (nSPS) is 24.2. The van der Waals surface area contributed by atoms with E-state index in [0.717, 1.165) is 18.9 Å². The van der Waals surface area contributed by atoms with Crippen molar-refractivity contribution < 1.29 is 4.79 Å². The monoisotopic (exact) mass is 227 g/mol. The maximum absolute atomic E-state index is 10.6. The van der Waals surface area contributed by atoms with Crippen molar-refractivity contribution in [1.29, 1.82) is 0 Å². The van der Waals surface area contributed by atoms with Crippen molar-refractivity contribution in [3.8, 4) is 0 Å². The molecule has 94 valence electrons. The van der Waals surface area contributed by atoms with Gasteiger partial charge in [0.2, 0.25) is 5.91 Å². The molecule has 1 rings (SSSR count). The number of nitrogens with zero attached hydrogens (tertiary/aromatic N) is 1. The first-order chi connectivity index (χ1) is 7.59. The number of nitrogens with one attached hydrogen (secondary N) is 1. The zero-order chi connectivity index (χ0) is 12.0. The number of rotatable bonds is 6. The van der Waals surface area contributed by atoms with Crippen LogP contribution in [0.15, 0.2) is 0 Å². The average Bonchev–Trinajstić information content (AvgIpc) is 2.24.